The zero-order valence-electron chi connectivity index (χ0n) is 11.7. The number of benzene rings is 2. The van der Waals surface area contributed by atoms with Gasteiger partial charge in [0.15, 0.2) is 0 Å². The van der Waals surface area contributed by atoms with Crippen molar-refractivity contribution in [2.75, 3.05) is 5.32 Å². The van der Waals surface area contributed by atoms with Crippen LogP contribution in [0.2, 0.25) is 0 Å². The van der Waals surface area contributed by atoms with Gasteiger partial charge in [0.2, 0.25) is 0 Å². The van der Waals surface area contributed by atoms with Gasteiger partial charge in [-0.25, -0.2) is 0 Å². The maximum absolute atomic E-state index is 9.93. The van der Waals surface area contributed by atoms with Gasteiger partial charge in [-0.1, -0.05) is 37.6 Å². The lowest BCUT2D eigenvalue weighted by atomic mass is 10.1. The lowest BCUT2D eigenvalue weighted by Gasteiger charge is -2.10. The smallest absolute Gasteiger partial charge is 0.134 e. The van der Waals surface area contributed by atoms with Gasteiger partial charge < -0.3 is 10.4 Å². The van der Waals surface area contributed by atoms with Gasteiger partial charge in [-0.05, 0) is 52.5 Å². The highest BCUT2D eigenvalue weighted by molar-refractivity contribution is 9.10. The monoisotopic (exact) mass is 333 g/mol. The summed E-state index contributed by atoms with van der Waals surface area (Å²) in [7, 11) is 0. The molecule has 0 unspecified atom stereocenters. The Morgan fingerprint density at radius 2 is 1.85 bits per heavy atom. The van der Waals surface area contributed by atoms with Crippen molar-refractivity contribution in [1.82, 2.24) is 0 Å². The zero-order valence-corrected chi connectivity index (χ0v) is 13.3. The molecule has 2 nitrogen and oxygen atoms in total. The third kappa shape index (κ3) is 4.01. The average Bonchev–Trinajstić information content (AvgIpc) is 2.48. The SMILES string of the molecule is CCCCc1ccc(NCc2cccc(Br)c2O)cc1. The third-order valence-electron chi connectivity index (χ3n) is 3.33. The molecule has 0 spiro atoms. The Morgan fingerprint density at radius 3 is 2.55 bits per heavy atom. The van der Waals surface area contributed by atoms with Crippen molar-refractivity contribution in [2.24, 2.45) is 0 Å². The van der Waals surface area contributed by atoms with Crippen LogP contribution in [0.4, 0.5) is 5.69 Å². The molecule has 0 aliphatic rings. The average molecular weight is 334 g/mol. The van der Waals surface area contributed by atoms with Crippen molar-refractivity contribution in [3.63, 3.8) is 0 Å². The number of hydrogen-bond donors (Lipinski definition) is 2. The maximum Gasteiger partial charge on any atom is 0.134 e. The van der Waals surface area contributed by atoms with E-state index in [2.05, 4.69) is 52.4 Å². The van der Waals surface area contributed by atoms with Crippen LogP contribution < -0.4 is 5.32 Å². The molecule has 0 saturated carbocycles. The molecule has 106 valence electrons. The summed E-state index contributed by atoms with van der Waals surface area (Å²) in [5, 5.41) is 13.3. The largest absolute Gasteiger partial charge is 0.506 e. The summed E-state index contributed by atoms with van der Waals surface area (Å²) in [6, 6.07) is 14.2. The number of phenols is 1. The molecule has 2 aromatic rings. The number of aryl methyl sites for hydroxylation is 1. The molecule has 0 fully saturated rings. The highest BCUT2D eigenvalue weighted by Crippen LogP contribution is 2.27. The molecule has 0 bridgehead atoms. The minimum Gasteiger partial charge on any atom is -0.506 e. The molecule has 0 saturated heterocycles. The van der Waals surface area contributed by atoms with E-state index in [1.165, 1.54) is 18.4 Å². The second-order valence-corrected chi connectivity index (χ2v) is 5.76. The summed E-state index contributed by atoms with van der Waals surface area (Å²) >= 11 is 3.33. The van der Waals surface area contributed by atoms with Gasteiger partial charge in [-0.3, -0.25) is 0 Å². The van der Waals surface area contributed by atoms with E-state index >= 15 is 0 Å². The van der Waals surface area contributed by atoms with Crippen molar-refractivity contribution in [3.8, 4) is 5.75 Å². The lowest BCUT2D eigenvalue weighted by molar-refractivity contribution is 0.465. The molecule has 2 aromatic carbocycles. The van der Waals surface area contributed by atoms with Crippen LogP contribution in [0.15, 0.2) is 46.9 Å². The molecule has 0 aromatic heterocycles. The van der Waals surface area contributed by atoms with Crippen molar-refractivity contribution < 1.29 is 5.11 Å². The third-order valence-corrected chi connectivity index (χ3v) is 3.97. The van der Waals surface area contributed by atoms with E-state index in [9.17, 15) is 5.11 Å². The standard InChI is InChI=1S/C17H20BrNO/c1-2-3-5-13-8-10-15(11-9-13)19-12-14-6-4-7-16(18)17(14)20/h4,6-11,19-20H,2-3,5,12H2,1H3. The number of rotatable bonds is 6. The Bertz CT molecular complexity index is 551. The maximum atomic E-state index is 9.93. The quantitative estimate of drug-likeness (QED) is 0.769. The minimum atomic E-state index is 0.305. The molecule has 0 amide bonds. The number of nitrogens with one attached hydrogen (secondary N) is 1. The van der Waals surface area contributed by atoms with Gasteiger partial charge in [0.05, 0.1) is 4.47 Å². The number of anilines is 1. The molecule has 2 rings (SSSR count). The molecule has 20 heavy (non-hydrogen) atoms. The first-order valence-electron chi connectivity index (χ1n) is 7.00. The zero-order chi connectivity index (χ0) is 14.4. The lowest BCUT2D eigenvalue weighted by Crippen LogP contribution is -2.00. The number of unbranched alkanes of at least 4 members (excludes halogenated alkanes) is 1. The number of para-hydroxylation sites is 1. The Balaban J connectivity index is 1.95. The molecule has 3 heteroatoms. The van der Waals surface area contributed by atoms with Gasteiger partial charge >= 0.3 is 0 Å². The van der Waals surface area contributed by atoms with Gasteiger partial charge in [0, 0.05) is 17.8 Å². The van der Waals surface area contributed by atoms with E-state index in [1.54, 1.807) is 0 Å². The summed E-state index contributed by atoms with van der Waals surface area (Å²) in [4.78, 5) is 0. The number of halogens is 1. The number of hydrogen-bond acceptors (Lipinski definition) is 2. The highest BCUT2D eigenvalue weighted by Gasteiger charge is 2.04. The Labute approximate surface area is 129 Å². The van der Waals surface area contributed by atoms with Crippen LogP contribution in [-0.2, 0) is 13.0 Å². The van der Waals surface area contributed by atoms with E-state index < -0.39 is 0 Å². The number of phenolic OH excluding ortho intramolecular Hbond substituents is 1. The van der Waals surface area contributed by atoms with Crippen LogP contribution in [0, 0.1) is 0 Å². The minimum absolute atomic E-state index is 0.305. The molecule has 0 atom stereocenters. The van der Waals surface area contributed by atoms with Gasteiger partial charge in [-0.15, -0.1) is 0 Å². The van der Waals surface area contributed by atoms with Crippen LogP contribution in [0.5, 0.6) is 5.75 Å². The summed E-state index contributed by atoms with van der Waals surface area (Å²) in [5.41, 5.74) is 3.33. The summed E-state index contributed by atoms with van der Waals surface area (Å²) in [6.45, 7) is 2.82. The van der Waals surface area contributed by atoms with Gasteiger partial charge in [0.1, 0.15) is 5.75 Å². The summed E-state index contributed by atoms with van der Waals surface area (Å²) in [5.74, 6) is 0.305. The van der Waals surface area contributed by atoms with Crippen LogP contribution in [0.25, 0.3) is 0 Å². The highest BCUT2D eigenvalue weighted by atomic mass is 79.9. The van der Waals surface area contributed by atoms with E-state index in [4.69, 9.17) is 0 Å². The summed E-state index contributed by atoms with van der Waals surface area (Å²) < 4.78 is 0.728. The van der Waals surface area contributed by atoms with Crippen LogP contribution in [0.1, 0.15) is 30.9 Å². The first-order chi connectivity index (χ1) is 9.70. The van der Waals surface area contributed by atoms with Crippen molar-refractivity contribution >= 4 is 21.6 Å². The second kappa shape index (κ2) is 7.34. The Kier molecular flexibility index (Phi) is 5.48. The van der Waals surface area contributed by atoms with Gasteiger partial charge in [0.25, 0.3) is 0 Å². The predicted octanol–water partition coefficient (Wildman–Crippen LogP) is 5.11. The van der Waals surface area contributed by atoms with Crippen molar-refractivity contribution in [3.05, 3.63) is 58.1 Å². The topological polar surface area (TPSA) is 32.3 Å². The molecule has 0 radical (unpaired) electrons. The molecular weight excluding hydrogens is 314 g/mol. The molecule has 2 N–H and O–H groups in total. The first-order valence-corrected chi connectivity index (χ1v) is 7.79. The van der Waals surface area contributed by atoms with Crippen molar-refractivity contribution in [1.29, 1.82) is 0 Å². The first kappa shape index (κ1) is 14.9. The van der Waals surface area contributed by atoms with E-state index in [0.29, 0.717) is 12.3 Å². The van der Waals surface area contributed by atoms with Crippen LogP contribution in [-0.4, -0.2) is 5.11 Å². The molecule has 0 aliphatic carbocycles. The molecular formula is C17H20BrNO. The molecule has 0 aliphatic heterocycles. The van der Waals surface area contributed by atoms with Crippen molar-refractivity contribution in [2.45, 2.75) is 32.7 Å². The fourth-order valence-electron chi connectivity index (χ4n) is 2.07. The van der Waals surface area contributed by atoms with E-state index in [-0.39, 0.29) is 0 Å². The van der Waals surface area contributed by atoms with E-state index in [1.807, 2.05) is 18.2 Å². The van der Waals surface area contributed by atoms with E-state index in [0.717, 1.165) is 22.1 Å². The normalized spacial score (nSPS) is 10.5. The Hall–Kier alpha value is -1.48. The predicted molar refractivity (Wildman–Crippen MR) is 88.2 cm³/mol. The van der Waals surface area contributed by atoms with Crippen LogP contribution >= 0.6 is 15.9 Å². The van der Waals surface area contributed by atoms with Gasteiger partial charge in [-0.2, -0.15) is 0 Å². The van der Waals surface area contributed by atoms with Crippen LogP contribution in [0.3, 0.4) is 0 Å². The second-order valence-electron chi connectivity index (χ2n) is 4.90. The summed E-state index contributed by atoms with van der Waals surface area (Å²) in [6.07, 6.45) is 3.60. The number of aromatic hydroxyl groups is 1. The molecule has 0 heterocycles. The Morgan fingerprint density at radius 1 is 1.10 bits per heavy atom. The fraction of sp³-hybridized carbons (Fsp3) is 0.294. The fourth-order valence-corrected chi connectivity index (χ4v) is 2.48.